The van der Waals surface area contributed by atoms with Gasteiger partial charge in [-0.2, -0.15) is 4.98 Å². The van der Waals surface area contributed by atoms with Crippen LogP contribution >= 0.6 is 11.8 Å². The lowest BCUT2D eigenvalue weighted by atomic mass is 10.1. The number of nitrogens with zero attached hydrogens (tertiary/aromatic N) is 2. The molecule has 4 atom stereocenters. The van der Waals surface area contributed by atoms with Gasteiger partial charge in [-0.05, 0) is 40.7 Å². The van der Waals surface area contributed by atoms with Crippen LogP contribution in [0.15, 0.2) is 39.4 Å². The number of rotatable bonds is 10. The lowest BCUT2D eigenvalue weighted by molar-refractivity contribution is -0.0578. The molecule has 0 aliphatic carbocycles. The van der Waals surface area contributed by atoms with Crippen LogP contribution in [-0.4, -0.2) is 62.6 Å². The molecular formula is C21H33N3O5S. The van der Waals surface area contributed by atoms with Crippen LogP contribution in [0, 0.1) is 0 Å². The zero-order valence-electron chi connectivity index (χ0n) is 18.0. The molecule has 2 heterocycles. The first kappa shape index (κ1) is 24.8. The number of hydrogen-bond acceptors (Lipinski definition) is 8. The van der Waals surface area contributed by atoms with Crippen LogP contribution in [0.25, 0.3) is 0 Å². The van der Waals surface area contributed by atoms with E-state index in [0.29, 0.717) is 23.0 Å². The van der Waals surface area contributed by atoms with Gasteiger partial charge in [0.25, 0.3) is 5.56 Å². The van der Waals surface area contributed by atoms with E-state index >= 15 is 0 Å². The van der Waals surface area contributed by atoms with Gasteiger partial charge in [-0.25, -0.2) is 0 Å². The van der Waals surface area contributed by atoms with Crippen molar-refractivity contribution in [1.29, 1.82) is 0 Å². The Balaban J connectivity index is 2.23. The van der Waals surface area contributed by atoms with Crippen LogP contribution in [0.4, 0.5) is 0 Å². The smallest absolute Gasteiger partial charge is 0.278 e. The van der Waals surface area contributed by atoms with E-state index in [1.54, 1.807) is 17.8 Å². The van der Waals surface area contributed by atoms with Gasteiger partial charge < -0.3 is 25.4 Å². The molecule has 1 aliphatic heterocycles. The summed E-state index contributed by atoms with van der Waals surface area (Å²) >= 11 is 1.36. The highest BCUT2D eigenvalue weighted by Crippen LogP contribution is 2.32. The fourth-order valence-corrected chi connectivity index (χ4v) is 4.12. The number of allylic oxidation sites excluding steroid dienone is 3. The molecule has 1 aromatic rings. The zero-order valence-corrected chi connectivity index (χ0v) is 18.9. The van der Waals surface area contributed by atoms with Gasteiger partial charge in [0.1, 0.15) is 18.3 Å². The Morgan fingerprint density at radius 3 is 2.63 bits per heavy atom. The van der Waals surface area contributed by atoms with Gasteiger partial charge in [0.15, 0.2) is 11.4 Å². The van der Waals surface area contributed by atoms with Crippen molar-refractivity contribution >= 4 is 11.8 Å². The summed E-state index contributed by atoms with van der Waals surface area (Å²) in [6, 6.07) is 0. The second-order valence-electron chi connectivity index (χ2n) is 7.70. The minimum absolute atomic E-state index is 0.314. The van der Waals surface area contributed by atoms with E-state index < -0.39 is 31.1 Å². The highest BCUT2D eigenvalue weighted by atomic mass is 32.2. The third-order valence-corrected chi connectivity index (χ3v) is 5.78. The van der Waals surface area contributed by atoms with Gasteiger partial charge in [-0.15, -0.1) is 0 Å². The molecule has 4 N–H and O–H groups in total. The first-order valence-electron chi connectivity index (χ1n) is 10.1. The topological polar surface area (TPSA) is 117 Å². The molecule has 168 valence electrons. The van der Waals surface area contributed by atoms with Crippen LogP contribution in [0.5, 0.6) is 0 Å². The monoisotopic (exact) mass is 439 g/mol. The fourth-order valence-electron chi connectivity index (χ4n) is 3.15. The van der Waals surface area contributed by atoms with Crippen LogP contribution in [-0.2, 0) is 11.3 Å². The van der Waals surface area contributed by atoms with E-state index in [2.05, 4.69) is 43.2 Å². The van der Waals surface area contributed by atoms with Gasteiger partial charge in [0.05, 0.1) is 6.61 Å². The summed E-state index contributed by atoms with van der Waals surface area (Å²) < 4.78 is 7.23. The SMILES string of the molecule is CNCc1cn([C@@H]2O[C@H](CO)[C@@H](O)[C@H]2O)c(SC/C=C(\C)CCC=C(C)C)nc1=O. The van der Waals surface area contributed by atoms with Gasteiger partial charge >= 0.3 is 0 Å². The molecule has 0 saturated carbocycles. The molecule has 1 aromatic heterocycles. The van der Waals surface area contributed by atoms with Crippen molar-refractivity contribution in [2.75, 3.05) is 19.4 Å². The Morgan fingerprint density at radius 2 is 2.03 bits per heavy atom. The van der Waals surface area contributed by atoms with E-state index in [4.69, 9.17) is 4.74 Å². The van der Waals surface area contributed by atoms with Crippen molar-refractivity contribution in [1.82, 2.24) is 14.9 Å². The van der Waals surface area contributed by atoms with Gasteiger partial charge in [-0.1, -0.05) is 35.1 Å². The number of aromatic nitrogens is 2. The average Bonchev–Trinajstić information content (AvgIpc) is 2.98. The third-order valence-electron chi connectivity index (χ3n) is 4.88. The summed E-state index contributed by atoms with van der Waals surface area (Å²) in [4.78, 5) is 16.6. The predicted octanol–water partition coefficient (Wildman–Crippen LogP) is 1.36. The second kappa shape index (κ2) is 11.8. The maximum atomic E-state index is 12.4. The van der Waals surface area contributed by atoms with E-state index in [9.17, 15) is 20.1 Å². The number of hydrogen-bond donors (Lipinski definition) is 4. The van der Waals surface area contributed by atoms with Crippen molar-refractivity contribution < 1.29 is 20.1 Å². The molecule has 0 unspecified atom stereocenters. The first-order chi connectivity index (χ1) is 14.3. The molecule has 0 aromatic carbocycles. The summed E-state index contributed by atoms with van der Waals surface area (Å²) in [7, 11) is 1.72. The van der Waals surface area contributed by atoms with Crippen LogP contribution in [0.3, 0.4) is 0 Å². The molecule has 1 fully saturated rings. The molecule has 8 nitrogen and oxygen atoms in total. The molecule has 0 amide bonds. The lowest BCUT2D eigenvalue weighted by Crippen LogP contribution is -2.34. The summed E-state index contributed by atoms with van der Waals surface area (Å²) in [6.45, 7) is 6.13. The van der Waals surface area contributed by atoms with Crippen LogP contribution in [0.2, 0.25) is 0 Å². The maximum absolute atomic E-state index is 12.4. The van der Waals surface area contributed by atoms with Crippen LogP contribution < -0.4 is 10.9 Å². The number of ether oxygens (including phenoxy) is 1. The number of nitrogens with one attached hydrogen (secondary N) is 1. The Morgan fingerprint density at radius 1 is 1.30 bits per heavy atom. The Labute approximate surface area is 181 Å². The molecule has 2 rings (SSSR count). The van der Waals surface area contributed by atoms with Crippen molar-refractivity contribution in [3.8, 4) is 0 Å². The highest BCUT2D eigenvalue weighted by molar-refractivity contribution is 7.99. The minimum atomic E-state index is -1.24. The zero-order chi connectivity index (χ0) is 22.3. The number of thioether (sulfide) groups is 1. The first-order valence-corrected chi connectivity index (χ1v) is 11.1. The fraction of sp³-hybridized carbons (Fsp3) is 0.619. The standard InChI is InChI=1S/C21H33N3O5S/c1-13(2)6-5-7-14(3)8-9-30-21-23-19(28)15(10-22-4)11-24(21)20-18(27)17(26)16(12-25)29-20/h6,8,11,16-18,20,22,25-27H,5,7,9-10,12H2,1-4H3/b14-8+/t16-,17-,18-,20-/m1/s1. The molecular weight excluding hydrogens is 406 g/mol. The highest BCUT2D eigenvalue weighted by Gasteiger charge is 2.44. The molecule has 30 heavy (non-hydrogen) atoms. The van der Waals surface area contributed by atoms with Crippen molar-refractivity contribution in [3.05, 3.63) is 45.4 Å². The summed E-state index contributed by atoms with van der Waals surface area (Å²) in [5, 5.41) is 33.2. The van der Waals surface area contributed by atoms with Crippen molar-refractivity contribution in [2.45, 2.75) is 69.9 Å². The Hall–Kier alpha value is -1.49. The maximum Gasteiger partial charge on any atom is 0.278 e. The summed E-state index contributed by atoms with van der Waals surface area (Å²) in [6.07, 6.45) is 3.54. The quantitative estimate of drug-likeness (QED) is 0.245. The molecule has 9 heteroatoms. The molecule has 0 spiro atoms. The normalized spacial score (nSPS) is 24.3. The third kappa shape index (κ3) is 6.50. The van der Waals surface area contributed by atoms with E-state index in [-0.39, 0.29) is 5.56 Å². The van der Waals surface area contributed by atoms with E-state index in [1.165, 1.54) is 22.9 Å². The summed E-state index contributed by atoms with van der Waals surface area (Å²) in [5.41, 5.74) is 2.62. The Kier molecular flexibility index (Phi) is 9.73. The average molecular weight is 440 g/mol. The molecule has 1 saturated heterocycles. The van der Waals surface area contributed by atoms with Crippen molar-refractivity contribution in [3.63, 3.8) is 0 Å². The van der Waals surface area contributed by atoms with Crippen LogP contribution in [0.1, 0.15) is 45.4 Å². The Bertz CT molecular complexity index is 819. The van der Waals surface area contributed by atoms with Crippen molar-refractivity contribution in [2.24, 2.45) is 0 Å². The van der Waals surface area contributed by atoms with Gasteiger partial charge in [0, 0.05) is 24.1 Å². The largest absolute Gasteiger partial charge is 0.394 e. The number of aliphatic hydroxyl groups is 3. The predicted molar refractivity (Wildman–Crippen MR) is 117 cm³/mol. The molecule has 0 bridgehead atoms. The lowest BCUT2D eigenvalue weighted by Gasteiger charge is -2.22. The van der Waals surface area contributed by atoms with Gasteiger partial charge in [0.2, 0.25) is 0 Å². The van der Waals surface area contributed by atoms with E-state index in [0.717, 1.165) is 12.8 Å². The van der Waals surface area contributed by atoms with E-state index in [1.807, 2.05) is 0 Å². The molecule has 1 aliphatic rings. The summed E-state index contributed by atoms with van der Waals surface area (Å²) in [5.74, 6) is 0.604. The minimum Gasteiger partial charge on any atom is -0.394 e. The number of aliphatic hydroxyl groups excluding tert-OH is 3. The molecule has 0 radical (unpaired) electrons. The second-order valence-corrected chi connectivity index (χ2v) is 8.69. The van der Waals surface area contributed by atoms with Gasteiger partial charge in [-0.3, -0.25) is 9.36 Å².